The maximum Gasteiger partial charge on any atom is 0.262 e. The number of likely N-dealkylation sites (tertiary alicyclic amines) is 1. The predicted molar refractivity (Wildman–Crippen MR) is 171 cm³/mol. The van der Waals surface area contributed by atoms with E-state index in [9.17, 15) is 19.5 Å². The summed E-state index contributed by atoms with van der Waals surface area (Å²) in [4.78, 5) is 54.2. The van der Waals surface area contributed by atoms with Crippen molar-refractivity contribution in [2.45, 2.75) is 38.8 Å². The largest absolute Gasteiger partial charge is 0.495 e. The summed E-state index contributed by atoms with van der Waals surface area (Å²) in [5.74, 6) is 0.726. The number of pyridine rings is 1. The van der Waals surface area contributed by atoms with Gasteiger partial charge in [-0.05, 0) is 76.7 Å². The molecule has 2 aromatic carbocycles. The number of H-pyrrole nitrogens is 2. The van der Waals surface area contributed by atoms with Crippen molar-refractivity contribution in [2.24, 2.45) is 0 Å². The van der Waals surface area contributed by atoms with Crippen molar-refractivity contribution in [1.29, 1.82) is 0 Å². The number of anilines is 1. The molecule has 236 valence electrons. The molecule has 45 heavy (non-hydrogen) atoms. The number of imidazole rings is 1. The van der Waals surface area contributed by atoms with Crippen molar-refractivity contribution in [3.63, 3.8) is 0 Å². The van der Waals surface area contributed by atoms with E-state index in [1.165, 1.54) is 18.2 Å². The van der Waals surface area contributed by atoms with Crippen LogP contribution in [0, 0.1) is 13.8 Å². The number of piperidine rings is 1. The van der Waals surface area contributed by atoms with E-state index < -0.39 is 11.7 Å². The van der Waals surface area contributed by atoms with Gasteiger partial charge in [-0.3, -0.25) is 19.3 Å². The number of carbonyl (C=O) groups is 2. The number of aliphatic hydroxyl groups is 1. The van der Waals surface area contributed by atoms with E-state index in [0.29, 0.717) is 55.5 Å². The highest BCUT2D eigenvalue weighted by atomic mass is 35.5. The van der Waals surface area contributed by atoms with Crippen LogP contribution in [0.2, 0.25) is 5.02 Å². The Kier molecular flexibility index (Phi) is 8.29. The first-order chi connectivity index (χ1) is 21.6. The maximum atomic E-state index is 13.5. The van der Waals surface area contributed by atoms with Crippen LogP contribution in [0.5, 0.6) is 11.5 Å². The number of nitrogens with zero attached hydrogens (tertiary/aromatic N) is 3. The lowest BCUT2D eigenvalue weighted by Gasteiger charge is -2.33. The van der Waals surface area contributed by atoms with Gasteiger partial charge < -0.3 is 34.8 Å². The number of imide groups is 1. The number of amides is 2. The Bertz CT molecular complexity index is 1860. The summed E-state index contributed by atoms with van der Waals surface area (Å²) in [6, 6.07) is 6.58. The number of aliphatic hydroxyl groups excluding tert-OH is 1. The molecule has 0 aliphatic carbocycles. The Morgan fingerprint density at radius 1 is 1.09 bits per heavy atom. The van der Waals surface area contributed by atoms with Crippen molar-refractivity contribution in [3.8, 4) is 22.9 Å². The Hall–Kier alpha value is -4.39. The molecule has 0 saturated carbocycles. The zero-order valence-corrected chi connectivity index (χ0v) is 26.2. The number of hydrogen-bond acceptors (Lipinski definition) is 9. The molecule has 13 heteroatoms. The van der Waals surface area contributed by atoms with Gasteiger partial charge in [0, 0.05) is 24.3 Å². The molecule has 1 atom stereocenters. The standard InChI is InChI=1S/C32H35ClN6O6/c1-16-23(5-6-24(44-4)27(16)33)45-15-19(40)14-35-21-7-10-34-30(41)26(21)29-36-22-13-20-25(17(2)28(22)37-29)32(43)39(31(20)42)18-8-11-38(3)12-9-18/h5-7,10,13,18-19,40H,8-9,11-12,14-15H2,1-4H3,(H,36,37)(H2,34,35,41)/t19-/m1/s1. The number of halogens is 1. The summed E-state index contributed by atoms with van der Waals surface area (Å²) in [6.07, 6.45) is 2.05. The fraction of sp³-hybridized carbons (Fsp3) is 0.375. The van der Waals surface area contributed by atoms with E-state index >= 15 is 0 Å². The molecule has 2 aliphatic rings. The number of benzene rings is 2. The number of methoxy groups -OCH3 is 1. The first-order valence-electron chi connectivity index (χ1n) is 14.8. The Balaban J connectivity index is 1.22. The molecule has 1 saturated heterocycles. The van der Waals surface area contributed by atoms with Crippen molar-refractivity contribution in [2.75, 3.05) is 45.7 Å². The number of nitrogens with one attached hydrogen (secondary N) is 3. The third-order valence-electron chi connectivity index (χ3n) is 8.65. The highest BCUT2D eigenvalue weighted by molar-refractivity contribution is 6.33. The van der Waals surface area contributed by atoms with Crippen LogP contribution in [0.4, 0.5) is 5.69 Å². The van der Waals surface area contributed by atoms with Crippen LogP contribution in [-0.2, 0) is 0 Å². The van der Waals surface area contributed by atoms with E-state index in [1.54, 1.807) is 38.1 Å². The number of fused-ring (bicyclic) bond motifs is 2. The van der Waals surface area contributed by atoms with E-state index in [0.717, 1.165) is 25.9 Å². The Morgan fingerprint density at radius 3 is 2.56 bits per heavy atom. The van der Waals surface area contributed by atoms with Crippen LogP contribution in [0.1, 0.15) is 44.7 Å². The first-order valence-corrected chi connectivity index (χ1v) is 15.2. The second kappa shape index (κ2) is 12.2. The summed E-state index contributed by atoms with van der Waals surface area (Å²) in [7, 11) is 3.57. The first kappa shape index (κ1) is 30.6. The molecule has 2 aromatic heterocycles. The maximum absolute atomic E-state index is 13.5. The van der Waals surface area contributed by atoms with Crippen LogP contribution >= 0.6 is 11.6 Å². The number of hydrogen-bond donors (Lipinski definition) is 4. The van der Waals surface area contributed by atoms with Crippen LogP contribution in [-0.4, -0.2) is 94.2 Å². The van der Waals surface area contributed by atoms with Gasteiger partial charge in [0.25, 0.3) is 17.4 Å². The molecule has 0 spiro atoms. The van der Waals surface area contributed by atoms with Crippen LogP contribution in [0.15, 0.2) is 35.3 Å². The van der Waals surface area contributed by atoms with Gasteiger partial charge in [0.15, 0.2) is 0 Å². The van der Waals surface area contributed by atoms with Crippen molar-refractivity contribution in [1.82, 2.24) is 24.8 Å². The summed E-state index contributed by atoms with van der Waals surface area (Å²) in [6.45, 7) is 5.28. The number of aryl methyl sites for hydroxylation is 1. The van der Waals surface area contributed by atoms with E-state index in [-0.39, 0.29) is 42.4 Å². The fourth-order valence-electron chi connectivity index (χ4n) is 6.09. The van der Waals surface area contributed by atoms with Gasteiger partial charge in [0.1, 0.15) is 35.6 Å². The smallest absolute Gasteiger partial charge is 0.262 e. The molecule has 6 rings (SSSR count). The van der Waals surface area contributed by atoms with Gasteiger partial charge in [0.05, 0.1) is 40.0 Å². The molecule has 0 radical (unpaired) electrons. The number of rotatable bonds is 9. The van der Waals surface area contributed by atoms with Gasteiger partial charge in [0.2, 0.25) is 0 Å². The highest BCUT2D eigenvalue weighted by Gasteiger charge is 2.42. The van der Waals surface area contributed by atoms with Crippen LogP contribution < -0.4 is 20.3 Å². The number of aromatic amines is 2. The molecule has 0 unspecified atom stereocenters. The van der Waals surface area contributed by atoms with Gasteiger partial charge in [-0.1, -0.05) is 11.6 Å². The quantitative estimate of drug-likeness (QED) is 0.202. The molecule has 4 N–H and O–H groups in total. The lowest BCUT2D eigenvalue weighted by atomic mass is 10.0. The Morgan fingerprint density at radius 2 is 1.82 bits per heavy atom. The van der Waals surface area contributed by atoms with E-state index in [4.69, 9.17) is 21.1 Å². The summed E-state index contributed by atoms with van der Waals surface area (Å²) in [5.41, 5.74) is 3.32. The SMILES string of the molecule is COc1ccc(OC[C@H](O)CNc2cc[nH]c(=O)c2-c2nc3cc4c(c(C)c3[nH]2)C(=O)N(C2CCN(C)CC2)C4=O)c(C)c1Cl. The zero-order valence-electron chi connectivity index (χ0n) is 25.5. The molecular weight excluding hydrogens is 600 g/mol. The average molecular weight is 635 g/mol. The lowest BCUT2D eigenvalue weighted by Crippen LogP contribution is -2.46. The van der Waals surface area contributed by atoms with E-state index in [2.05, 4.69) is 25.2 Å². The van der Waals surface area contributed by atoms with Crippen LogP contribution in [0.3, 0.4) is 0 Å². The minimum absolute atomic E-state index is 0.0267. The summed E-state index contributed by atoms with van der Waals surface area (Å²) in [5, 5.41) is 14.2. The zero-order chi connectivity index (χ0) is 32.0. The minimum Gasteiger partial charge on any atom is -0.495 e. The third kappa shape index (κ3) is 5.54. The second-order valence-corrected chi connectivity index (χ2v) is 11.9. The molecular formula is C32H35ClN6O6. The fourth-order valence-corrected chi connectivity index (χ4v) is 6.33. The number of carbonyl (C=O) groups excluding carboxylic acids is 2. The summed E-state index contributed by atoms with van der Waals surface area (Å²) >= 11 is 6.31. The van der Waals surface area contributed by atoms with Gasteiger partial charge in [-0.25, -0.2) is 4.98 Å². The van der Waals surface area contributed by atoms with Crippen molar-refractivity contribution in [3.05, 3.63) is 68.1 Å². The number of aromatic nitrogens is 3. The molecule has 4 aromatic rings. The molecule has 1 fully saturated rings. The molecule has 4 heterocycles. The Labute approximate surface area is 264 Å². The minimum atomic E-state index is -0.928. The van der Waals surface area contributed by atoms with E-state index in [1.807, 2.05) is 7.05 Å². The summed E-state index contributed by atoms with van der Waals surface area (Å²) < 4.78 is 11.0. The third-order valence-corrected chi connectivity index (χ3v) is 9.12. The molecule has 12 nitrogen and oxygen atoms in total. The monoisotopic (exact) mass is 634 g/mol. The normalized spacial score (nSPS) is 16.4. The molecule has 2 aliphatic heterocycles. The average Bonchev–Trinajstić information content (AvgIpc) is 3.56. The molecule has 2 amide bonds. The highest BCUT2D eigenvalue weighted by Crippen LogP contribution is 2.36. The van der Waals surface area contributed by atoms with Crippen LogP contribution in [0.25, 0.3) is 22.4 Å². The predicted octanol–water partition coefficient (Wildman–Crippen LogP) is 3.74. The van der Waals surface area contributed by atoms with Gasteiger partial charge >= 0.3 is 0 Å². The number of ether oxygens (including phenoxy) is 2. The molecule has 0 bridgehead atoms. The van der Waals surface area contributed by atoms with Crippen molar-refractivity contribution < 1.29 is 24.2 Å². The van der Waals surface area contributed by atoms with Gasteiger partial charge in [-0.15, -0.1) is 0 Å². The van der Waals surface area contributed by atoms with Crippen molar-refractivity contribution >= 4 is 40.1 Å². The second-order valence-electron chi connectivity index (χ2n) is 11.6. The topological polar surface area (TPSA) is 153 Å². The lowest BCUT2D eigenvalue weighted by molar-refractivity contribution is 0.0516. The van der Waals surface area contributed by atoms with Gasteiger partial charge in [-0.2, -0.15) is 0 Å².